The highest BCUT2D eigenvalue weighted by Gasteiger charge is 2.43. The molecule has 0 aromatic heterocycles. The zero-order valence-corrected chi connectivity index (χ0v) is 40.6. The smallest absolute Gasteiger partial charge is 0.267 e. The number of carbonyl (C=O) groups is 2. The van der Waals surface area contributed by atoms with Crippen LogP contribution in [-0.2, 0) is 14.8 Å². The van der Waals surface area contributed by atoms with Crippen LogP contribution in [0.25, 0.3) is 0 Å². The van der Waals surface area contributed by atoms with Gasteiger partial charge in [-0.05, 0) is 67.9 Å². The molecule has 0 saturated carbocycles. The van der Waals surface area contributed by atoms with Crippen LogP contribution >= 0.6 is 105 Å². The number of thioether (sulfide) groups is 1. The van der Waals surface area contributed by atoms with Gasteiger partial charge in [0.1, 0.15) is 16.8 Å². The molecule has 1 unspecified atom stereocenters. The quantitative estimate of drug-likeness (QED) is 0.0579. The maximum Gasteiger partial charge on any atom is 0.267 e. The van der Waals surface area contributed by atoms with Gasteiger partial charge in [0.2, 0.25) is 0 Å². The molecular weight excluding hydrogens is 998 g/mol. The molecule has 62 heavy (non-hydrogen) atoms. The number of hydrogen-bond acceptors (Lipinski definition) is 6. The van der Waals surface area contributed by atoms with E-state index in [0.29, 0.717) is 17.0 Å². The van der Waals surface area contributed by atoms with Gasteiger partial charge in [-0.25, -0.2) is 18.4 Å². The summed E-state index contributed by atoms with van der Waals surface area (Å²) in [5, 5.41) is 2.31. The number of aryl methyl sites for hydroxylation is 1. The molecule has 1 aliphatic rings. The van der Waals surface area contributed by atoms with E-state index in [-0.39, 0.29) is 80.1 Å². The molecule has 0 spiro atoms. The Morgan fingerprint density at radius 3 is 2.05 bits per heavy atom. The molecule has 2 amide bonds. The van der Waals surface area contributed by atoms with Crippen molar-refractivity contribution in [2.24, 2.45) is 4.99 Å². The van der Waals surface area contributed by atoms with Crippen molar-refractivity contribution in [3.8, 4) is 0 Å². The first-order chi connectivity index (χ1) is 29.5. The van der Waals surface area contributed by atoms with Crippen LogP contribution in [-0.4, -0.2) is 37.9 Å². The van der Waals surface area contributed by atoms with Crippen molar-refractivity contribution in [3.63, 3.8) is 0 Å². The first-order valence-corrected chi connectivity index (χ1v) is 24.5. The number of halogens is 8. The molecule has 1 aliphatic heterocycles. The molecule has 1 heterocycles. The maximum atomic E-state index is 14.7. The highest BCUT2D eigenvalue weighted by Crippen LogP contribution is 2.50. The minimum absolute atomic E-state index is 0.0347. The van der Waals surface area contributed by atoms with Crippen molar-refractivity contribution >= 4 is 155 Å². The minimum atomic E-state index is -4.09. The number of anilines is 3. The van der Waals surface area contributed by atoms with E-state index in [1.807, 2.05) is 6.92 Å². The van der Waals surface area contributed by atoms with Crippen LogP contribution in [0, 0.1) is 6.92 Å². The third-order valence-electron chi connectivity index (χ3n) is 9.67. The lowest BCUT2D eigenvalue weighted by Crippen LogP contribution is -2.36. The van der Waals surface area contributed by atoms with Gasteiger partial charge in [0.25, 0.3) is 21.8 Å². The number of para-hydroxylation sites is 1. The summed E-state index contributed by atoms with van der Waals surface area (Å²) in [6, 6.07) is 22.8. The number of sulfonamides is 1. The molecule has 5 aromatic carbocycles. The summed E-state index contributed by atoms with van der Waals surface area (Å²) in [5.41, 5.74) is 4.65. The molecule has 0 bridgehead atoms. The van der Waals surface area contributed by atoms with Crippen molar-refractivity contribution in [2.75, 3.05) is 21.2 Å². The van der Waals surface area contributed by atoms with Crippen LogP contribution < -0.4 is 20.1 Å². The van der Waals surface area contributed by atoms with Crippen molar-refractivity contribution in [1.82, 2.24) is 5.43 Å². The predicted molar refractivity (Wildman–Crippen MR) is 260 cm³/mol. The Kier molecular flexibility index (Phi) is 16.6. The monoisotopic (exact) mass is 1030 g/mol. The van der Waals surface area contributed by atoms with Crippen LogP contribution in [0.2, 0.25) is 40.2 Å². The van der Waals surface area contributed by atoms with Crippen LogP contribution in [0.4, 0.5) is 22.7 Å². The fraction of sp³-hybridized carbons (Fsp3) is 0.233. The first kappa shape index (κ1) is 48.4. The number of nitrogens with one attached hydrogen (secondary N) is 2. The van der Waals surface area contributed by atoms with Crippen LogP contribution in [0.3, 0.4) is 0 Å². The number of unbranched alkanes of at least 4 members (excludes halogenated alkanes) is 5. The van der Waals surface area contributed by atoms with Gasteiger partial charge in [0.15, 0.2) is 0 Å². The van der Waals surface area contributed by atoms with Crippen molar-refractivity contribution in [2.45, 2.75) is 67.4 Å². The number of nitrogens with zero attached hydrogens (tertiary/aromatic N) is 3. The Morgan fingerprint density at radius 2 is 1.39 bits per heavy atom. The number of benzene rings is 5. The van der Waals surface area contributed by atoms with Gasteiger partial charge in [0.05, 0.1) is 62.0 Å². The van der Waals surface area contributed by atoms with Crippen LogP contribution in [0.15, 0.2) is 99.7 Å². The topological polar surface area (TPSA) is 111 Å². The van der Waals surface area contributed by atoms with E-state index in [0.717, 1.165) is 54.4 Å². The van der Waals surface area contributed by atoms with E-state index in [2.05, 4.69) is 17.7 Å². The molecule has 6 rings (SSSR count). The summed E-state index contributed by atoms with van der Waals surface area (Å²) in [6.45, 7) is 4.21. The van der Waals surface area contributed by atoms with Gasteiger partial charge in [-0.1, -0.05) is 168 Å². The molecule has 0 aliphatic carbocycles. The van der Waals surface area contributed by atoms with Crippen LogP contribution in [0.5, 0.6) is 0 Å². The van der Waals surface area contributed by atoms with E-state index in [1.54, 1.807) is 60.7 Å². The molecule has 1 saturated heterocycles. The number of hydrogen-bond donors (Lipinski definition) is 2. The molecule has 326 valence electrons. The van der Waals surface area contributed by atoms with Gasteiger partial charge < -0.3 is 5.32 Å². The summed E-state index contributed by atoms with van der Waals surface area (Å²) >= 11 is 52.9. The normalized spacial score (nSPS) is 14.7. The molecular formula is C43H37Cl8N5O4S2. The SMILES string of the molecule is CCCCCCCCN(c1ccccc1SC1C(=O)N(c2c(Cl)c(Cl)c(Cl)c(Cl)c2Cl)NC1=Nc1cc(NC(=O)c2c(Cl)cccc2Cl)ccc1Cl)S(=O)(=O)c1ccc(C)cc1. The van der Waals surface area contributed by atoms with Gasteiger partial charge in [-0.2, -0.15) is 0 Å². The molecule has 2 N–H and O–H groups in total. The average molecular weight is 1040 g/mol. The second-order valence-electron chi connectivity index (χ2n) is 14.0. The fourth-order valence-electron chi connectivity index (χ4n) is 6.46. The Bertz CT molecular complexity index is 2600. The second-order valence-corrected chi connectivity index (χ2v) is 20.2. The van der Waals surface area contributed by atoms with Gasteiger partial charge in [0, 0.05) is 17.1 Å². The summed E-state index contributed by atoms with van der Waals surface area (Å²) in [6.07, 6.45) is 5.62. The van der Waals surface area contributed by atoms with Crippen molar-refractivity contribution in [3.05, 3.63) is 136 Å². The fourth-order valence-corrected chi connectivity index (χ4v) is 11.2. The molecule has 9 nitrogen and oxygen atoms in total. The predicted octanol–water partition coefficient (Wildman–Crippen LogP) is 14.8. The molecule has 1 fully saturated rings. The van der Waals surface area contributed by atoms with E-state index < -0.39 is 27.1 Å². The third-order valence-corrected chi connectivity index (χ3v) is 16.0. The Hall–Kier alpha value is -3.07. The zero-order valence-electron chi connectivity index (χ0n) is 32.9. The average Bonchev–Trinajstić information content (AvgIpc) is 3.53. The number of amides is 2. The molecule has 19 heteroatoms. The summed E-state index contributed by atoms with van der Waals surface area (Å²) < 4.78 is 30.4. The number of aliphatic imine (C=N–C) groups is 1. The highest BCUT2D eigenvalue weighted by atomic mass is 35.5. The van der Waals surface area contributed by atoms with Crippen LogP contribution in [0.1, 0.15) is 61.4 Å². The summed E-state index contributed by atoms with van der Waals surface area (Å²) in [5.74, 6) is -1.18. The highest BCUT2D eigenvalue weighted by molar-refractivity contribution is 8.01. The Balaban J connectivity index is 1.44. The molecule has 1 atom stereocenters. The number of rotatable bonds is 16. The number of carbonyl (C=O) groups excluding carboxylic acids is 2. The zero-order chi connectivity index (χ0) is 44.9. The largest absolute Gasteiger partial charge is 0.322 e. The number of hydrazine groups is 1. The lowest BCUT2D eigenvalue weighted by atomic mass is 10.1. The third kappa shape index (κ3) is 10.7. The number of amidine groups is 1. The van der Waals surface area contributed by atoms with E-state index >= 15 is 0 Å². The first-order valence-electron chi connectivity index (χ1n) is 19.2. The lowest BCUT2D eigenvalue weighted by Gasteiger charge is -2.27. The summed E-state index contributed by atoms with van der Waals surface area (Å²) in [4.78, 5) is 33.4. The van der Waals surface area contributed by atoms with Crippen molar-refractivity contribution < 1.29 is 18.0 Å². The molecule has 5 aromatic rings. The lowest BCUT2D eigenvalue weighted by molar-refractivity contribution is -0.116. The maximum absolute atomic E-state index is 14.7. The second kappa shape index (κ2) is 21.3. The summed E-state index contributed by atoms with van der Waals surface area (Å²) in [7, 11) is -4.09. The van der Waals surface area contributed by atoms with Gasteiger partial charge in [-0.15, -0.1) is 11.8 Å². The van der Waals surface area contributed by atoms with E-state index in [4.69, 9.17) is 97.8 Å². The Morgan fingerprint density at radius 1 is 0.774 bits per heavy atom. The molecule has 0 radical (unpaired) electrons. The van der Waals surface area contributed by atoms with E-state index in [9.17, 15) is 18.0 Å². The van der Waals surface area contributed by atoms with Gasteiger partial charge in [-0.3, -0.25) is 19.3 Å². The van der Waals surface area contributed by atoms with Crippen molar-refractivity contribution in [1.29, 1.82) is 0 Å². The Labute approximate surface area is 405 Å². The standard InChI is InChI=1S/C43H37Cl8N5O4S2/c1-3-4-5-6-7-10-22-55(62(59,60)26-19-16-24(2)17-20-26)31-14-8-9-15-32(31)61-40-41(54-56(43(40)58)39-37(50)35(48)34(47)36(49)38(39)51)53-30-23-25(18-21-27(30)44)52-42(57)33-28(45)12-11-13-29(33)46/h8-9,11-21,23,40H,3-7,10,22H2,1-2H3,(H,52,57)(H,53,54). The minimum Gasteiger partial charge on any atom is -0.322 e. The van der Waals surface area contributed by atoms with E-state index in [1.165, 1.54) is 28.6 Å². The van der Waals surface area contributed by atoms with Gasteiger partial charge >= 0.3 is 0 Å².